The van der Waals surface area contributed by atoms with Gasteiger partial charge < -0.3 is 14.7 Å². The maximum Gasteiger partial charge on any atom is 0.321 e. The van der Waals surface area contributed by atoms with Gasteiger partial charge in [0.05, 0.1) is 17.6 Å². The smallest absolute Gasteiger partial charge is 0.321 e. The largest absolute Gasteiger partial charge is 0.339 e. The van der Waals surface area contributed by atoms with Crippen LogP contribution in [0, 0.1) is 18.3 Å². The van der Waals surface area contributed by atoms with Crippen LogP contribution >= 0.6 is 0 Å². The van der Waals surface area contributed by atoms with Gasteiger partial charge in [-0.1, -0.05) is 41.1 Å². The lowest BCUT2D eigenvalue weighted by atomic mass is 9.98. The van der Waals surface area contributed by atoms with Crippen molar-refractivity contribution >= 4 is 11.7 Å². The number of urea groups is 1. The summed E-state index contributed by atoms with van der Waals surface area (Å²) < 4.78 is 5.51. The van der Waals surface area contributed by atoms with Crippen molar-refractivity contribution in [2.24, 2.45) is 0 Å². The van der Waals surface area contributed by atoms with E-state index < -0.39 is 0 Å². The SMILES string of the molecule is Cc1ccc(-c2noc(C3CCCN(C(=O)Nc4cccc(C#N)c4)C3)n2)cc1. The average Bonchev–Trinajstić information content (AvgIpc) is 3.25. The number of nitrogens with zero attached hydrogens (tertiary/aromatic N) is 4. The molecule has 1 atom stereocenters. The Morgan fingerprint density at radius 2 is 2.10 bits per heavy atom. The molecule has 146 valence electrons. The summed E-state index contributed by atoms with van der Waals surface area (Å²) >= 11 is 0. The minimum absolute atomic E-state index is 0.00615. The fourth-order valence-electron chi connectivity index (χ4n) is 3.45. The summed E-state index contributed by atoms with van der Waals surface area (Å²) in [5.74, 6) is 1.13. The van der Waals surface area contributed by atoms with Crippen LogP contribution in [-0.2, 0) is 0 Å². The molecule has 1 N–H and O–H groups in total. The standard InChI is InChI=1S/C22H21N5O2/c1-15-7-9-17(10-8-15)20-25-21(29-26-20)18-5-3-11-27(14-18)22(28)24-19-6-2-4-16(12-19)13-23/h2,4,6-10,12,18H,3,5,11,14H2,1H3,(H,24,28). The first-order valence-corrected chi connectivity index (χ1v) is 9.59. The van der Waals surface area contributed by atoms with Gasteiger partial charge >= 0.3 is 6.03 Å². The van der Waals surface area contributed by atoms with E-state index in [4.69, 9.17) is 9.78 Å². The molecule has 1 saturated heterocycles. The molecule has 2 amide bonds. The number of piperidine rings is 1. The summed E-state index contributed by atoms with van der Waals surface area (Å²) in [6, 6.07) is 16.7. The topological polar surface area (TPSA) is 95.0 Å². The molecule has 1 aliphatic heterocycles. The predicted molar refractivity (Wildman–Crippen MR) is 108 cm³/mol. The molecule has 29 heavy (non-hydrogen) atoms. The van der Waals surface area contributed by atoms with Gasteiger partial charge in [-0.15, -0.1) is 0 Å². The first-order chi connectivity index (χ1) is 14.1. The first-order valence-electron chi connectivity index (χ1n) is 9.59. The Morgan fingerprint density at radius 1 is 1.28 bits per heavy atom. The van der Waals surface area contributed by atoms with Crippen LogP contribution in [0.1, 0.15) is 35.8 Å². The third kappa shape index (κ3) is 4.27. The van der Waals surface area contributed by atoms with E-state index in [-0.39, 0.29) is 11.9 Å². The molecule has 2 aromatic carbocycles. The van der Waals surface area contributed by atoms with Gasteiger partial charge in [0.25, 0.3) is 0 Å². The molecular weight excluding hydrogens is 366 g/mol. The number of aryl methyl sites for hydroxylation is 1. The average molecular weight is 387 g/mol. The molecule has 0 bridgehead atoms. The second-order valence-electron chi connectivity index (χ2n) is 7.23. The van der Waals surface area contributed by atoms with E-state index in [1.54, 1.807) is 29.2 Å². The van der Waals surface area contributed by atoms with Gasteiger partial charge in [0.2, 0.25) is 11.7 Å². The Morgan fingerprint density at radius 3 is 2.90 bits per heavy atom. The number of benzene rings is 2. The van der Waals surface area contributed by atoms with E-state index in [0.29, 0.717) is 36.1 Å². The number of anilines is 1. The van der Waals surface area contributed by atoms with Crippen molar-refractivity contribution in [2.45, 2.75) is 25.7 Å². The van der Waals surface area contributed by atoms with Crippen LogP contribution in [0.4, 0.5) is 10.5 Å². The van der Waals surface area contributed by atoms with Gasteiger partial charge in [-0.2, -0.15) is 10.2 Å². The predicted octanol–water partition coefficient (Wildman–Crippen LogP) is 4.33. The summed E-state index contributed by atoms with van der Waals surface area (Å²) in [4.78, 5) is 19.0. The third-order valence-electron chi connectivity index (χ3n) is 5.05. The molecule has 7 nitrogen and oxygen atoms in total. The fraction of sp³-hybridized carbons (Fsp3) is 0.273. The Labute approximate surface area is 169 Å². The van der Waals surface area contributed by atoms with Crippen LogP contribution in [0.3, 0.4) is 0 Å². The Hall–Kier alpha value is -3.66. The number of hydrogen-bond acceptors (Lipinski definition) is 5. The molecule has 7 heteroatoms. The van der Waals surface area contributed by atoms with Crippen LogP contribution in [0.2, 0.25) is 0 Å². The Balaban J connectivity index is 1.43. The van der Waals surface area contributed by atoms with Crippen molar-refractivity contribution in [3.8, 4) is 17.5 Å². The maximum atomic E-state index is 12.7. The molecule has 4 rings (SSSR count). The summed E-state index contributed by atoms with van der Waals surface area (Å²) in [7, 11) is 0. The lowest BCUT2D eigenvalue weighted by molar-refractivity contribution is 0.184. The van der Waals surface area contributed by atoms with Gasteiger partial charge in [0.1, 0.15) is 0 Å². The molecular formula is C22H21N5O2. The minimum Gasteiger partial charge on any atom is -0.339 e. The summed E-state index contributed by atoms with van der Waals surface area (Å²) in [5, 5.41) is 16.0. The number of aromatic nitrogens is 2. The number of likely N-dealkylation sites (tertiary alicyclic amines) is 1. The van der Waals surface area contributed by atoms with Crippen LogP contribution < -0.4 is 5.32 Å². The molecule has 2 heterocycles. The molecule has 0 saturated carbocycles. The van der Waals surface area contributed by atoms with E-state index in [2.05, 4.69) is 21.5 Å². The fourth-order valence-corrected chi connectivity index (χ4v) is 3.45. The Bertz CT molecular complexity index is 1050. The highest BCUT2D eigenvalue weighted by molar-refractivity contribution is 5.89. The highest BCUT2D eigenvalue weighted by atomic mass is 16.5. The zero-order chi connectivity index (χ0) is 20.2. The van der Waals surface area contributed by atoms with Crippen LogP contribution in [-0.4, -0.2) is 34.2 Å². The van der Waals surface area contributed by atoms with E-state index >= 15 is 0 Å². The number of rotatable bonds is 3. The summed E-state index contributed by atoms with van der Waals surface area (Å²) in [6.45, 7) is 3.21. The van der Waals surface area contributed by atoms with Crippen LogP contribution in [0.5, 0.6) is 0 Å². The lowest BCUT2D eigenvalue weighted by Crippen LogP contribution is -2.41. The molecule has 1 fully saturated rings. The van der Waals surface area contributed by atoms with Gasteiger partial charge in [-0.05, 0) is 38.0 Å². The molecule has 1 aliphatic rings. The third-order valence-corrected chi connectivity index (χ3v) is 5.05. The van der Waals surface area contributed by atoms with Gasteiger partial charge in [-0.25, -0.2) is 4.79 Å². The van der Waals surface area contributed by atoms with E-state index in [1.807, 2.05) is 31.2 Å². The number of carbonyl (C=O) groups is 1. The number of amides is 2. The van der Waals surface area contributed by atoms with E-state index in [1.165, 1.54) is 5.56 Å². The van der Waals surface area contributed by atoms with Crippen molar-refractivity contribution in [1.82, 2.24) is 15.0 Å². The second-order valence-corrected chi connectivity index (χ2v) is 7.23. The number of nitrogens with one attached hydrogen (secondary N) is 1. The summed E-state index contributed by atoms with van der Waals surface area (Å²) in [6.07, 6.45) is 1.75. The molecule has 0 radical (unpaired) electrons. The zero-order valence-electron chi connectivity index (χ0n) is 16.1. The van der Waals surface area contributed by atoms with Crippen LogP contribution in [0.25, 0.3) is 11.4 Å². The normalized spacial score (nSPS) is 16.3. The highest BCUT2D eigenvalue weighted by Crippen LogP contribution is 2.28. The van der Waals surface area contributed by atoms with E-state index in [0.717, 1.165) is 18.4 Å². The van der Waals surface area contributed by atoms with Gasteiger partial charge in [0, 0.05) is 24.3 Å². The Kier molecular flexibility index (Phi) is 5.25. The lowest BCUT2D eigenvalue weighted by Gasteiger charge is -2.31. The van der Waals surface area contributed by atoms with Crippen molar-refractivity contribution in [2.75, 3.05) is 18.4 Å². The molecule has 0 spiro atoms. The molecule has 3 aromatic rings. The minimum atomic E-state index is -0.192. The van der Waals surface area contributed by atoms with Gasteiger partial charge in [0.15, 0.2) is 0 Å². The zero-order valence-corrected chi connectivity index (χ0v) is 16.1. The molecule has 0 aliphatic carbocycles. The maximum absolute atomic E-state index is 12.7. The monoisotopic (exact) mass is 387 g/mol. The van der Waals surface area contributed by atoms with Crippen LogP contribution in [0.15, 0.2) is 53.1 Å². The first kappa shape index (κ1) is 18.7. The van der Waals surface area contributed by atoms with Crippen molar-refractivity contribution in [3.05, 3.63) is 65.5 Å². The van der Waals surface area contributed by atoms with Crippen molar-refractivity contribution in [3.63, 3.8) is 0 Å². The number of hydrogen-bond donors (Lipinski definition) is 1. The molecule has 1 aromatic heterocycles. The summed E-state index contributed by atoms with van der Waals surface area (Å²) in [5.41, 5.74) is 3.20. The second kappa shape index (κ2) is 8.15. The van der Waals surface area contributed by atoms with Crippen molar-refractivity contribution < 1.29 is 9.32 Å². The van der Waals surface area contributed by atoms with Gasteiger partial charge in [-0.3, -0.25) is 0 Å². The number of nitriles is 1. The quantitative estimate of drug-likeness (QED) is 0.722. The number of carbonyl (C=O) groups excluding carboxylic acids is 1. The van der Waals surface area contributed by atoms with Crippen molar-refractivity contribution in [1.29, 1.82) is 5.26 Å². The highest BCUT2D eigenvalue weighted by Gasteiger charge is 2.28. The molecule has 1 unspecified atom stereocenters. The van der Waals surface area contributed by atoms with E-state index in [9.17, 15) is 4.79 Å².